The van der Waals surface area contributed by atoms with Crippen molar-refractivity contribution in [1.82, 2.24) is 0 Å². The second-order valence-electron chi connectivity index (χ2n) is 8.88. The molecule has 0 spiro atoms. The lowest BCUT2D eigenvalue weighted by Gasteiger charge is -2.19. The van der Waals surface area contributed by atoms with Gasteiger partial charge in [-0.05, 0) is 57.1 Å². The van der Waals surface area contributed by atoms with E-state index in [2.05, 4.69) is 0 Å². The Hall–Kier alpha value is -2.95. The van der Waals surface area contributed by atoms with E-state index in [4.69, 9.17) is 4.74 Å². The number of benzene rings is 2. The molecule has 2 bridgehead atoms. The van der Waals surface area contributed by atoms with Gasteiger partial charge in [0.2, 0.25) is 17.6 Å². The summed E-state index contributed by atoms with van der Waals surface area (Å²) in [7, 11) is 0. The van der Waals surface area contributed by atoms with Gasteiger partial charge in [0.1, 0.15) is 5.75 Å². The molecule has 2 amide bonds. The Kier molecular flexibility index (Phi) is 4.49. The van der Waals surface area contributed by atoms with Gasteiger partial charge in [-0.15, -0.1) is 0 Å². The molecule has 1 saturated heterocycles. The molecule has 30 heavy (non-hydrogen) atoms. The largest absolute Gasteiger partial charge is 0.482 e. The lowest BCUT2D eigenvalue weighted by atomic mass is 9.81. The molecule has 5 heteroatoms. The van der Waals surface area contributed by atoms with E-state index in [0.717, 1.165) is 24.8 Å². The first-order valence-corrected chi connectivity index (χ1v) is 10.7. The van der Waals surface area contributed by atoms with Crippen molar-refractivity contribution < 1.29 is 19.1 Å². The third kappa shape index (κ3) is 2.95. The van der Waals surface area contributed by atoms with E-state index in [0.29, 0.717) is 28.8 Å². The Balaban J connectivity index is 1.35. The van der Waals surface area contributed by atoms with Gasteiger partial charge in [0.25, 0.3) is 0 Å². The van der Waals surface area contributed by atoms with Crippen LogP contribution in [0, 0.1) is 30.6 Å². The number of carbonyl (C=O) groups excluding carboxylic acids is 3. The Morgan fingerprint density at radius 2 is 1.63 bits per heavy atom. The summed E-state index contributed by atoms with van der Waals surface area (Å²) in [6.07, 6.45) is 2.45. The Bertz CT molecular complexity index is 1000. The Labute approximate surface area is 176 Å². The number of amides is 2. The molecule has 5 rings (SSSR count). The molecular weight excluding hydrogens is 378 g/mol. The van der Waals surface area contributed by atoms with Crippen LogP contribution in [-0.2, 0) is 9.59 Å². The molecule has 0 N–H and O–H groups in total. The van der Waals surface area contributed by atoms with E-state index in [9.17, 15) is 14.4 Å². The van der Waals surface area contributed by atoms with Crippen molar-refractivity contribution in [2.75, 3.05) is 4.90 Å². The Morgan fingerprint density at radius 1 is 1.00 bits per heavy atom. The standard InChI is InChI=1S/C25H25NO4/c1-14-6-8-16(9-7-14)23(27)15(2)30-20-5-3-4-19(13-20)26-24(28)21-17-10-11-18(12-17)22(21)25(26)29/h3-9,13,15,17-18,21-22H,10-12H2,1-2H3/t15-,17-,18+,21+,22+/m1/s1. The van der Waals surface area contributed by atoms with Crippen LogP contribution in [0.2, 0.25) is 0 Å². The normalized spacial score (nSPS) is 28.0. The predicted octanol–water partition coefficient (Wildman–Crippen LogP) is 4.18. The van der Waals surface area contributed by atoms with Crippen LogP contribution in [0.5, 0.6) is 5.75 Å². The maximum atomic E-state index is 13.1. The number of rotatable bonds is 5. The van der Waals surface area contributed by atoms with E-state index < -0.39 is 6.10 Å². The first-order chi connectivity index (χ1) is 14.4. The maximum absolute atomic E-state index is 13.1. The number of imide groups is 1. The molecule has 1 heterocycles. The van der Waals surface area contributed by atoms with Gasteiger partial charge < -0.3 is 4.74 Å². The van der Waals surface area contributed by atoms with E-state index in [-0.39, 0.29) is 29.4 Å². The van der Waals surface area contributed by atoms with Gasteiger partial charge >= 0.3 is 0 Å². The molecule has 5 atom stereocenters. The summed E-state index contributed by atoms with van der Waals surface area (Å²) in [5, 5.41) is 0. The average Bonchev–Trinajstić information content (AvgIpc) is 3.42. The van der Waals surface area contributed by atoms with Crippen molar-refractivity contribution >= 4 is 23.3 Å². The minimum Gasteiger partial charge on any atom is -0.482 e. The molecule has 154 valence electrons. The highest BCUT2D eigenvalue weighted by atomic mass is 16.5. The van der Waals surface area contributed by atoms with E-state index in [1.807, 2.05) is 19.1 Å². The number of hydrogen-bond acceptors (Lipinski definition) is 4. The van der Waals surface area contributed by atoms with Gasteiger partial charge in [0.05, 0.1) is 17.5 Å². The van der Waals surface area contributed by atoms with Crippen molar-refractivity contribution in [3.63, 3.8) is 0 Å². The summed E-state index contributed by atoms with van der Waals surface area (Å²) in [4.78, 5) is 40.1. The van der Waals surface area contributed by atoms with Crippen molar-refractivity contribution in [3.8, 4) is 5.75 Å². The van der Waals surface area contributed by atoms with Crippen LogP contribution in [0.3, 0.4) is 0 Å². The minimum atomic E-state index is -0.678. The molecule has 0 aromatic heterocycles. The molecule has 3 aliphatic rings. The molecule has 2 aromatic rings. The highest BCUT2D eigenvalue weighted by Crippen LogP contribution is 2.56. The van der Waals surface area contributed by atoms with Gasteiger partial charge in [-0.1, -0.05) is 35.9 Å². The van der Waals surface area contributed by atoms with E-state index >= 15 is 0 Å². The summed E-state index contributed by atoms with van der Waals surface area (Å²) in [6, 6.07) is 14.3. The Morgan fingerprint density at radius 3 is 2.27 bits per heavy atom. The molecular formula is C25H25NO4. The summed E-state index contributed by atoms with van der Waals surface area (Å²) >= 11 is 0. The van der Waals surface area contributed by atoms with Gasteiger partial charge in [-0.25, -0.2) is 4.90 Å². The van der Waals surface area contributed by atoms with E-state index in [1.165, 1.54) is 4.90 Å². The topological polar surface area (TPSA) is 63.7 Å². The second kappa shape index (κ2) is 7.08. The number of fused-ring (bicyclic) bond motifs is 5. The highest BCUT2D eigenvalue weighted by Gasteiger charge is 2.61. The number of Topliss-reactive ketones (excluding diaryl/α,β-unsaturated/α-hetero) is 1. The predicted molar refractivity (Wildman–Crippen MR) is 112 cm³/mol. The number of hydrogen-bond donors (Lipinski definition) is 0. The van der Waals surface area contributed by atoms with Crippen molar-refractivity contribution in [2.24, 2.45) is 23.7 Å². The number of anilines is 1. The lowest BCUT2D eigenvalue weighted by Crippen LogP contribution is -2.32. The number of aryl methyl sites for hydroxylation is 1. The van der Waals surface area contributed by atoms with Crippen LogP contribution in [0.4, 0.5) is 5.69 Å². The van der Waals surface area contributed by atoms with E-state index in [1.54, 1.807) is 43.3 Å². The van der Waals surface area contributed by atoms with Crippen LogP contribution in [-0.4, -0.2) is 23.7 Å². The number of ketones is 1. The average molecular weight is 403 g/mol. The smallest absolute Gasteiger partial charge is 0.237 e. The first-order valence-electron chi connectivity index (χ1n) is 10.7. The number of nitrogens with zero attached hydrogens (tertiary/aromatic N) is 1. The summed E-state index contributed by atoms with van der Waals surface area (Å²) in [5.74, 6) is 0.629. The zero-order chi connectivity index (χ0) is 21.0. The zero-order valence-electron chi connectivity index (χ0n) is 17.2. The third-order valence-electron chi connectivity index (χ3n) is 7.02. The zero-order valence-corrected chi connectivity index (χ0v) is 17.2. The summed E-state index contributed by atoms with van der Waals surface area (Å²) in [5.41, 5.74) is 2.22. The molecule has 2 aliphatic carbocycles. The SMILES string of the molecule is Cc1ccc(C(=O)[C@@H](C)Oc2cccc(N3C(=O)[C@H]4[C@@H]5CC[C@@H](C5)[C@@H]4C3=O)c2)cc1. The molecule has 2 aromatic carbocycles. The van der Waals surface area contributed by atoms with Gasteiger partial charge in [-0.3, -0.25) is 14.4 Å². The molecule has 5 nitrogen and oxygen atoms in total. The molecule has 3 fully saturated rings. The minimum absolute atomic E-state index is 0.0712. The second-order valence-corrected chi connectivity index (χ2v) is 8.88. The van der Waals surface area contributed by atoms with Crippen LogP contribution in [0.25, 0.3) is 0 Å². The molecule has 2 saturated carbocycles. The molecule has 0 radical (unpaired) electrons. The maximum Gasteiger partial charge on any atom is 0.237 e. The molecule has 1 aliphatic heterocycles. The van der Waals surface area contributed by atoms with Gasteiger partial charge in [-0.2, -0.15) is 0 Å². The summed E-state index contributed by atoms with van der Waals surface area (Å²) in [6.45, 7) is 3.68. The highest BCUT2D eigenvalue weighted by molar-refractivity contribution is 6.22. The third-order valence-corrected chi connectivity index (χ3v) is 7.02. The van der Waals surface area contributed by atoms with Gasteiger partial charge in [0, 0.05) is 11.6 Å². The quantitative estimate of drug-likeness (QED) is 0.555. The van der Waals surface area contributed by atoms with Crippen LogP contribution < -0.4 is 9.64 Å². The fraction of sp³-hybridized carbons (Fsp3) is 0.400. The van der Waals surface area contributed by atoms with Crippen molar-refractivity contribution in [1.29, 1.82) is 0 Å². The van der Waals surface area contributed by atoms with Gasteiger partial charge in [0.15, 0.2) is 6.10 Å². The first kappa shape index (κ1) is 19.0. The summed E-state index contributed by atoms with van der Waals surface area (Å²) < 4.78 is 5.88. The van der Waals surface area contributed by atoms with Crippen LogP contribution in [0.1, 0.15) is 42.1 Å². The monoisotopic (exact) mass is 403 g/mol. The number of ether oxygens (including phenoxy) is 1. The van der Waals surface area contributed by atoms with Crippen molar-refractivity contribution in [2.45, 2.75) is 39.2 Å². The van der Waals surface area contributed by atoms with Crippen LogP contribution >= 0.6 is 0 Å². The fourth-order valence-electron chi connectivity index (χ4n) is 5.57. The van der Waals surface area contributed by atoms with Crippen molar-refractivity contribution in [3.05, 3.63) is 59.7 Å². The van der Waals surface area contributed by atoms with Crippen LogP contribution in [0.15, 0.2) is 48.5 Å². The number of carbonyl (C=O) groups is 3. The molecule has 0 unspecified atom stereocenters. The fourth-order valence-corrected chi connectivity index (χ4v) is 5.57. The lowest BCUT2D eigenvalue weighted by molar-refractivity contribution is -0.123.